The molecule has 2 aromatic carbocycles. The number of carbonyl (C=O) groups is 6. The van der Waals surface area contributed by atoms with Gasteiger partial charge in [-0.1, -0.05) is 0 Å². The van der Waals surface area contributed by atoms with E-state index in [9.17, 15) is 39.0 Å². The van der Waals surface area contributed by atoms with E-state index in [0.29, 0.717) is 37.4 Å². The summed E-state index contributed by atoms with van der Waals surface area (Å²) in [5, 5.41) is 30.9. The van der Waals surface area contributed by atoms with E-state index >= 15 is 0 Å². The zero-order valence-electron chi connectivity index (χ0n) is 32.0. The van der Waals surface area contributed by atoms with E-state index in [2.05, 4.69) is 21.3 Å². The lowest BCUT2D eigenvalue weighted by Gasteiger charge is -2.59. The van der Waals surface area contributed by atoms with Crippen LogP contribution < -0.4 is 30.7 Å². The molecule has 3 rings (SSSR count). The zero-order valence-corrected chi connectivity index (χ0v) is 32.0. The van der Waals surface area contributed by atoms with E-state index in [1.165, 1.54) is 31.2 Å². The second kappa shape index (κ2) is 17.5. The molecule has 1 aliphatic carbocycles. The molecule has 1 saturated carbocycles. The van der Waals surface area contributed by atoms with Crippen molar-refractivity contribution in [3.63, 3.8) is 0 Å². The molecule has 4 unspecified atom stereocenters. The van der Waals surface area contributed by atoms with Gasteiger partial charge >= 0.3 is 24.1 Å². The van der Waals surface area contributed by atoms with Gasteiger partial charge in [-0.15, -0.1) is 0 Å². The molecule has 2 aromatic rings. The van der Waals surface area contributed by atoms with Crippen molar-refractivity contribution in [1.29, 1.82) is 0 Å². The molecule has 0 aromatic heterocycles. The number of carboxylic acid groups (broad SMARTS) is 2. The zero-order chi connectivity index (χ0) is 40.5. The Bertz CT molecular complexity index is 1670. The fourth-order valence-electron chi connectivity index (χ4n) is 6.33. The van der Waals surface area contributed by atoms with Crippen molar-refractivity contribution in [2.24, 2.45) is 22.7 Å². The number of nitrogens with one attached hydrogen (secondary N) is 4. The number of amides is 4. The van der Waals surface area contributed by atoms with Gasteiger partial charge in [0, 0.05) is 24.5 Å². The van der Waals surface area contributed by atoms with Crippen molar-refractivity contribution in [3.05, 3.63) is 48.5 Å². The summed E-state index contributed by atoms with van der Waals surface area (Å²) in [6.07, 6.45) is -0.0766. The summed E-state index contributed by atoms with van der Waals surface area (Å²) in [4.78, 5) is 76.1. The number of benzene rings is 2. The summed E-state index contributed by atoms with van der Waals surface area (Å²) >= 11 is 0. The molecule has 0 heterocycles. The molecule has 1 fully saturated rings. The van der Waals surface area contributed by atoms with Crippen LogP contribution in [0.5, 0.6) is 11.5 Å². The number of ether oxygens (including phenoxy) is 4. The summed E-state index contributed by atoms with van der Waals surface area (Å²) in [6, 6.07) is 12.4. The number of aliphatic carboxylic acids is 2. The predicted molar refractivity (Wildman–Crippen MR) is 197 cm³/mol. The smallest absolute Gasteiger partial charge is 0.407 e. The average molecular weight is 757 g/mol. The van der Waals surface area contributed by atoms with Gasteiger partial charge in [-0.25, -0.2) is 9.59 Å². The summed E-state index contributed by atoms with van der Waals surface area (Å²) < 4.78 is 21.7. The third-order valence-electron chi connectivity index (χ3n) is 8.61. The van der Waals surface area contributed by atoms with Gasteiger partial charge in [0.05, 0.1) is 35.9 Å². The van der Waals surface area contributed by atoms with Crippen LogP contribution in [0.3, 0.4) is 0 Å². The first-order valence-corrected chi connectivity index (χ1v) is 17.6. The number of rotatable bonds is 16. The Morgan fingerprint density at radius 2 is 1.04 bits per heavy atom. The highest BCUT2D eigenvalue weighted by molar-refractivity contribution is 6.10. The first-order chi connectivity index (χ1) is 25.1. The van der Waals surface area contributed by atoms with Crippen molar-refractivity contribution in [3.8, 4) is 11.5 Å². The van der Waals surface area contributed by atoms with Crippen molar-refractivity contribution >= 4 is 47.3 Å². The van der Waals surface area contributed by atoms with Gasteiger partial charge in [0.1, 0.15) is 22.7 Å². The minimum absolute atomic E-state index is 0.267. The highest BCUT2D eigenvalue weighted by atomic mass is 16.6. The van der Waals surface area contributed by atoms with Gasteiger partial charge in [0.15, 0.2) is 0 Å². The maximum atomic E-state index is 13.8. The van der Waals surface area contributed by atoms with E-state index in [-0.39, 0.29) is 24.6 Å². The van der Waals surface area contributed by atoms with Crippen LogP contribution in [-0.4, -0.2) is 83.7 Å². The van der Waals surface area contributed by atoms with Crippen LogP contribution in [0.15, 0.2) is 48.5 Å². The summed E-state index contributed by atoms with van der Waals surface area (Å²) in [7, 11) is 0. The summed E-state index contributed by atoms with van der Waals surface area (Å²) in [5.41, 5.74) is -4.76. The van der Waals surface area contributed by atoms with Crippen molar-refractivity contribution < 1.29 is 57.9 Å². The fraction of sp³-hybridized carbons (Fsp3) is 0.526. The lowest BCUT2D eigenvalue weighted by molar-refractivity contribution is -0.215. The van der Waals surface area contributed by atoms with E-state index in [1.807, 2.05) is 0 Å². The standard InChI is InChI=1S/C38H52N4O12/c1-35(2,3)53-33(49)39-19-9-21-51-25-15-11-23(12-16-25)41-29(43)27-37(7,28(30(44)45)38(27,8)32(47)48)31(46)42-24-13-17-26(18-14-24)52-22-10-20-40-34(50)54-36(4,5)6/h11-18,27-28H,9-10,19-22H2,1-8H3,(H,39,49)(H,40,50)(H,41,43)(H,42,46)(H,44,45)(H,47,48). The fourth-order valence-corrected chi connectivity index (χ4v) is 6.33. The van der Waals surface area contributed by atoms with Gasteiger partial charge in [-0.3, -0.25) is 19.2 Å². The Morgan fingerprint density at radius 1 is 0.630 bits per heavy atom. The maximum absolute atomic E-state index is 13.8. The van der Waals surface area contributed by atoms with Crippen LogP contribution in [0.2, 0.25) is 0 Å². The Hall–Kier alpha value is -5.54. The molecule has 296 valence electrons. The Kier molecular flexibility index (Phi) is 13.9. The molecular weight excluding hydrogens is 704 g/mol. The normalized spacial score (nSPS) is 20.7. The van der Waals surface area contributed by atoms with Gasteiger partial charge in [0.25, 0.3) is 0 Å². The Morgan fingerprint density at radius 3 is 1.41 bits per heavy atom. The minimum atomic E-state index is -2.12. The van der Waals surface area contributed by atoms with E-state index in [4.69, 9.17) is 18.9 Å². The Labute approximate surface area is 314 Å². The molecule has 0 saturated heterocycles. The highest BCUT2D eigenvalue weighted by Gasteiger charge is 2.78. The van der Waals surface area contributed by atoms with Crippen LogP contribution in [0.1, 0.15) is 68.2 Å². The van der Waals surface area contributed by atoms with Crippen molar-refractivity contribution in [1.82, 2.24) is 10.6 Å². The number of carboxylic acids is 2. The molecule has 16 nitrogen and oxygen atoms in total. The second-order valence-electron chi connectivity index (χ2n) is 15.3. The van der Waals surface area contributed by atoms with E-state index < -0.39 is 69.8 Å². The molecule has 4 amide bonds. The molecule has 54 heavy (non-hydrogen) atoms. The summed E-state index contributed by atoms with van der Waals surface area (Å²) in [5.74, 6) is -7.15. The topological polar surface area (TPSA) is 228 Å². The molecule has 0 spiro atoms. The number of alkyl carbamates (subject to hydrolysis) is 2. The quantitative estimate of drug-likeness (QED) is 0.120. The van der Waals surface area contributed by atoms with E-state index in [1.54, 1.807) is 65.8 Å². The lowest BCUT2D eigenvalue weighted by Crippen LogP contribution is -2.74. The summed E-state index contributed by atoms with van der Waals surface area (Å²) in [6.45, 7) is 14.2. The number of hydrogen-bond donors (Lipinski definition) is 6. The van der Waals surface area contributed by atoms with E-state index in [0.717, 1.165) is 6.92 Å². The Balaban J connectivity index is 1.62. The lowest BCUT2D eigenvalue weighted by atomic mass is 9.39. The van der Waals surface area contributed by atoms with Crippen molar-refractivity contribution in [2.75, 3.05) is 36.9 Å². The number of anilines is 2. The predicted octanol–water partition coefficient (Wildman–Crippen LogP) is 5.28. The number of hydrogen-bond acceptors (Lipinski definition) is 10. The first kappa shape index (κ1) is 42.9. The number of carbonyl (C=O) groups excluding carboxylic acids is 4. The third-order valence-corrected chi connectivity index (χ3v) is 8.61. The van der Waals surface area contributed by atoms with Gasteiger partial charge < -0.3 is 50.4 Å². The molecule has 6 N–H and O–H groups in total. The van der Waals surface area contributed by atoms with Crippen LogP contribution in [-0.2, 0) is 28.7 Å². The average Bonchev–Trinajstić information content (AvgIpc) is 3.03. The van der Waals surface area contributed by atoms with Crippen LogP contribution in [0.25, 0.3) is 0 Å². The molecule has 0 aliphatic heterocycles. The molecule has 1 aliphatic rings. The minimum Gasteiger partial charge on any atom is -0.494 e. The first-order valence-electron chi connectivity index (χ1n) is 17.6. The van der Waals surface area contributed by atoms with Crippen LogP contribution in [0, 0.1) is 22.7 Å². The SMILES string of the molecule is CC(C)(C)OC(=O)NCCCOc1ccc(NC(=O)C2C(C)(C(=O)O)C(C(=O)O)C2(C)C(=O)Nc2ccc(OCCCNC(=O)OC(C)(C)C)cc2)cc1. The molecule has 0 bridgehead atoms. The third kappa shape index (κ3) is 11.2. The highest BCUT2D eigenvalue weighted by Crippen LogP contribution is 2.64. The maximum Gasteiger partial charge on any atom is 0.407 e. The molecule has 4 atom stereocenters. The second-order valence-corrected chi connectivity index (χ2v) is 15.3. The molecule has 0 radical (unpaired) electrons. The van der Waals surface area contributed by atoms with Crippen molar-refractivity contribution in [2.45, 2.75) is 79.4 Å². The van der Waals surface area contributed by atoms with Gasteiger partial charge in [0.2, 0.25) is 11.8 Å². The van der Waals surface area contributed by atoms with Gasteiger partial charge in [-0.05, 0) is 117 Å². The van der Waals surface area contributed by atoms with Crippen LogP contribution >= 0.6 is 0 Å². The molecule has 16 heteroatoms. The van der Waals surface area contributed by atoms with Crippen LogP contribution in [0.4, 0.5) is 21.0 Å². The molecular formula is C38H52N4O12. The monoisotopic (exact) mass is 756 g/mol. The largest absolute Gasteiger partial charge is 0.494 e. The van der Waals surface area contributed by atoms with Gasteiger partial charge in [-0.2, -0.15) is 0 Å².